The minimum atomic E-state index is -3.89. The van der Waals surface area contributed by atoms with Crippen molar-refractivity contribution in [2.75, 3.05) is 13.6 Å². The summed E-state index contributed by atoms with van der Waals surface area (Å²) in [5.74, 6) is -0.766. The Morgan fingerprint density at radius 2 is 1.69 bits per heavy atom. The van der Waals surface area contributed by atoms with E-state index in [-0.39, 0.29) is 23.4 Å². The fraction of sp³-hybridized carbons (Fsp3) is 0.440. The van der Waals surface area contributed by atoms with Crippen LogP contribution >= 0.6 is 23.2 Å². The van der Waals surface area contributed by atoms with Crippen LogP contribution in [0.5, 0.6) is 0 Å². The molecule has 1 aliphatic rings. The van der Waals surface area contributed by atoms with Crippen LogP contribution in [0.2, 0.25) is 10.0 Å². The number of sulfonamides is 1. The van der Waals surface area contributed by atoms with Crippen molar-refractivity contribution in [2.45, 2.75) is 63.1 Å². The third-order valence-electron chi connectivity index (χ3n) is 6.29. The Bertz CT molecular complexity index is 1170. The van der Waals surface area contributed by atoms with Gasteiger partial charge in [-0.2, -0.15) is 4.31 Å². The Morgan fingerprint density at radius 1 is 1.06 bits per heavy atom. The number of hydrogen-bond acceptors (Lipinski definition) is 4. The molecule has 1 atom stereocenters. The first-order valence-corrected chi connectivity index (χ1v) is 13.8. The highest BCUT2D eigenvalue weighted by molar-refractivity contribution is 7.89. The highest BCUT2D eigenvalue weighted by atomic mass is 35.5. The van der Waals surface area contributed by atoms with Gasteiger partial charge < -0.3 is 10.2 Å². The van der Waals surface area contributed by atoms with Crippen LogP contribution in [0.1, 0.15) is 43.7 Å². The molecule has 10 heteroatoms. The molecule has 0 bridgehead atoms. The zero-order valence-corrected chi connectivity index (χ0v) is 22.5. The minimum absolute atomic E-state index is 0.0768. The second-order valence-electron chi connectivity index (χ2n) is 9.01. The van der Waals surface area contributed by atoms with Crippen LogP contribution in [0, 0.1) is 6.92 Å². The van der Waals surface area contributed by atoms with Crippen molar-refractivity contribution in [1.29, 1.82) is 0 Å². The summed E-state index contributed by atoms with van der Waals surface area (Å²) in [6, 6.07) is 10.7. The van der Waals surface area contributed by atoms with Gasteiger partial charge in [-0.05, 0) is 56.5 Å². The van der Waals surface area contributed by atoms with Gasteiger partial charge in [0.1, 0.15) is 6.04 Å². The van der Waals surface area contributed by atoms with E-state index in [0.29, 0.717) is 15.6 Å². The molecule has 3 rings (SSSR count). The second kappa shape index (κ2) is 11.7. The molecule has 2 amide bonds. The Labute approximate surface area is 217 Å². The minimum Gasteiger partial charge on any atom is -0.352 e. The molecule has 0 aromatic heterocycles. The number of rotatable bonds is 9. The number of nitrogens with one attached hydrogen (secondary N) is 1. The molecule has 2 aromatic rings. The summed E-state index contributed by atoms with van der Waals surface area (Å²) in [5.41, 5.74) is 1.61. The number of hydrogen-bond donors (Lipinski definition) is 1. The lowest BCUT2D eigenvalue weighted by Gasteiger charge is -2.31. The molecule has 0 heterocycles. The van der Waals surface area contributed by atoms with Crippen LogP contribution in [-0.2, 0) is 26.2 Å². The van der Waals surface area contributed by atoms with Crippen molar-refractivity contribution in [3.05, 3.63) is 63.6 Å². The number of amides is 2. The second-order valence-corrected chi connectivity index (χ2v) is 11.9. The van der Waals surface area contributed by atoms with Crippen LogP contribution < -0.4 is 5.32 Å². The van der Waals surface area contributed by atoms with Gasteiger partial charge in [0.05, 0.1) is 21.5 Å². The largest absolute Gasteiger partial charge is 0.352 e. The molecular formula is C25H31Cl2N3O4S. The molecule has 2 aromatic carbocycles. The Morgan fingerprint density at radius 3 is 2.29 bits per heavy atom. The van der Waals surface area contributed by atoms with E-state index in [4.69, 9.17) is 23.2 Å². The van der Waals surface area contributed by atoms with Gasteiger partial charge in [-0.25, -0.2) is 8.42 Å². The maximum atomic E-state index is 13.4. The maximum Gasteiger partial charge on any atom is 0.243 e. The van der Waals surface area contributed by atoms with Gasteiger partial charge in [0.15, 0.2) is 0 Å². The van der Waals surface area contributed by atoms with Crippen LogP contribution in [-0.4, -0.2) is 55.1 Å². The summed E-state index contributed by atoms with van der Waals surface area (Å²) in [6.07, 6.45) is 3.95. The lowest BCUT2D eigenvalue weighted by molar-refractivity contribution is -0.140. The van der Waals surface area contributed by atoms with E-state index in [1.54, 1.807) is 37.3 Å². The van der Waals surface area contributed by atoms with Crippen LogP contribution in [0.25, 0.3) is 0 Å². The van der Waals surface area contributed by atoms with Crippen molar-refractivity contribution in [3.63, 3.8) is 0 Å². The third-order valence-corrected chi connectivity index (χ3v) is 8.85. The van der Waals surface area contributed by atoms with Gasteiger partial charge in [0, 0.05) is 19.6 Å². The zero-order chi connectivity index (χ0) is 25.8. The van der Waals surface area contributed by atoms with E-state index < -0.39 is 28.5 Å². The first-order chi connectivity index (χ1) is 16.5. The quantitative estimate of drug-likeness (QED) is 0.511. The fourth-order valence-corrected chi connectivity index (χ4v) is 5.51. The zero-order valence-electron chi connectivity index (χ0n) is 20.1. The molecular weight excluding hydrogens is 509 g/mol. The molecule has 0 aliphatic heterocycles. The van der Waals surface area contributed by atoms with Gasteiger partial charge in [0.2, 0.25) is 21.8 Å². The molecule has 1 fully saturated rings. The van der Waals surface area contributed by atoms with E-state index in [1.165, 1.54) is 24.1 Å². The summed E-state index contributed by atoms with van der Waals surface area (Å²) in [5, 5.41) is 3.73. The number of benzene rings is 2. The first kappa shape index (κ1) is 27.5. The van der Waals surface area contributed by atoms with Gasteiger partial charge in [-0.3, -0.25) is 9.59 Å². The topological polar surface area (TPSA) is 86.8 Å². The normalized spacial score (nSPS) is 15.3. The van der Waals surface area contributed by atoms with Gasteiger partial charge in [-0.1, -0.05) is 59.8 Å². The van der Waals surface area contributed by atoms with Crippen LogP contribution in [0.3, 0.4) is 0 Å². The summed E-state index contributed by atoms with van der Waals surface area (Å²) < 4.78 is 27.0. The number of carbonyl (C=O) groups is 2. The average molecular weight is 541 g/mol. The van der Waals surface area contributed by atoms with Gasteiger partial charge in [0.25, 0.3) is 0 Å². The predicted molar refractivity (Wildman–Crippen MR) is 138 cm³/mol. The number of likely N-dealkylation sites (N-methyl/N-ethyl adjacent to an activating group) is 1. The van der Waals surface area contributed by atoms with E-state index in [0.717, 1.165) is 35.6 Å². The molecule has 7 nitrogen and oxygen atoms in total. The first-order valence-electron chi connectivity index (χ1n) is 11.6. The standard InChI is InChI=1S/C25H31Cl2N3O4S/c1-17-8-11-21(12-9-17)35(33,34)29(3)16-24(31)30(15-19-10-13-22(26)23(27)14-19)18(2)25(32)28-20-6-4-5-7-20/h8-14,18,20H,4-7,15-16H2,1-3H3,(H,28,32). The van der Waals surface area contributed by atoms with Gasteiger partial charge >= 0.3 is 0 Å². The summed E-state index contributed by atoms with van der Waals surface area (Å²) in [4.78, 5) is 27.9. The summed E-state index contributed by atoms with van der Waals surface area (Å²) in [7, 11) is -2.53. The Hall–Kier alpha value is -2.13. The van der Waals surface area contributed by atoms with Crippen molar-refractivity contribution < 1.29 is 18.0 Å². The highest BCUT2D eigenvalue weighted by Crippen LogP contribution is 2.24. The van der Waals surface area contributed by atoms with Gasteiger partial charge in [-0.15, -0.1) is 0 Å². The highest BCUT2D eigenvalue weighted by Gasteiger charge is 2.31. The average Bonchev–Trinajstić information content (AvgIpc) is 3.32. The van der Waals surface area contributed by atoms with Crippen molar-refractivity contribution in [2.24, 2.45) is 0 Å². The lowest BCUT2D eigenvalue weighted by Crippen LogP contribution is -2.52. The Kier molecular flexibility index (Phi) is 9.21. The van der Waals surface area contributed by atoms with Crippen LogP contribution in [0.15, 0.2) is 47.4 Å². The van der Waals surface area contributed by atoms with E-state index in [9.17, 15) is 18.0 Å². The maximum absolute atomic E-state index is 13.4. The van der Waals surface area contributed by atoms with Crippen molar-refractivity contribution in [1.82, 2.24) is 14.5 Å². The van der Waals surface area contributed by atoms with Crippen LogP contribution in [0.4, 0.5) is 0 Å². The molecule has 0 radical (unpaired) electrons. The molecule has 35 heavy (non-hydrogen) atoms. The van der Waals surface area contributed by atoms with Crippen molar-refractivity contribution >= 4 is 45.0 Å². The van der Waals surface area contributed by atoms with E-state index in [1.807, 2.05) is 6.92 Å². The SMILES string of the molecule is Cc1ccc(S(=O)(=O)N(C)CC(=O)N(Cc2ccc(Cl)c(Cl)c2)C(C)C(=O)NC2CCCC2)cc1. The molecule has 1 saturated carbocycles. The van der Waals surface area contributed by atoms with Crippen molar-refractivity contribution in [3.8, 4) is 0 Å². The summed E-state index contributed by atoms with van der Waals surface area (Å²) >= 11 is 12.2. The number of carbonyl (C=O) groups excluding carboxylic acids is 2. The number of halogens is 2. The molecule has 1 aliphatic carbocycles. The number of nitrogens with zero attached hydrogens (tertiary/aromatic N) is 2. The summed E-state index contributed by atoms with van der Waals surface area (Å²) in [6.45, 7) is 3.17. The molecule has 1 unspecified atom stereocenters. The van der Waals surface area contributed by atoms with E-state index >= 15 is 0 Å². The molecule has 1 N–H and O–H groups in total. The number of aryl methyl sites for hydroxylation is 1. The molecule has 190 valence electrons. The molecule has 0 saturated heterocycles. The predicted octanol–water partition coefficient (Wildman–Crippen LogP) is 4.40. The third kappa shape index (κ3) is 6.97. The molecule has 0 spiro atoms. The fourth-order valence-electron chi connectivity index (χ4n) is 4.07. The van der Waals surface area contributed by atoms with E-state index in [2.05, 4.69) is 5.32 Å². The monoisotopic (exact) mass is 539 g/mol. The smallest absolute Gasteiger partial charge is 0.243 e. The Balaban J connectivity index is 1.81. The lowest BCUT2D eigenvalue weighted by atomic mass is 10.1.